The SMILES string of the molecule is O=C(Nc1ncc(F)s1)/C(=N/O[C@@H]1CCOC1)c1ccc(S(=O)(=O)n2ccnc2)cc1. The lowest BCUT2D eigenvalue weighted by molar-refractivity contribution is -0.110. The van der Waals surface area contributed by atoms with Crippen molar-refractivity contribution in [1.82, 2.24) is 13.9 Å². The van der Waals surface area contributed by atoms with Crippen molar-refractivity contribution in [3.63, 3.8) is 0 Å². The molecular formula is C18H16FN5O5S2. The Hall–Kier alpha value is -3.16. The van der Waals surface area contributed by atoms with E-state index in [-0.39, 0.29) is 21.8 Å². The molecule has 1 aliphatic heterocycles. The van der Waals surface area contributed by atoms with Crippen LogP contribution in [-0.2, 0) is 24.4 Å². The van der Waals surface area contributed by atoms with Crippen molar-refractivity contribution < 1.29 is 27.2 Å². The summed E-state index contributed by atoms with van der Waals surface area (Å²) < 4.78 is 44.6. The molecule has 10 nitrogen and oxygen atoms in total. The molecule has 31 heavy (non-hydrogen) atoms. The molecule has 3 heterocycles. The highest BCUT2D eigenvalue weighted by molar-refractivity contribution is 7.90. The van der Waals surface area contributed by atoms with E-state index >= 15 is 0 Å². The van der Waals surface area contributed by atoms with Gasteiger partial charge in [0.1, 0.15) is 6.33 Å². The molecule has 1 atom stereocenters. The molecule has 1 fully saturated rings. The molecule has 2 aromatic heterocycles. The topological polar surface area (TPSA) is 125 Å². The van der Waals surface area contributed by atoms with Crippen LogP contribution in [-0.4, -0.2) is 53.3 Å². The highest BCUT2D eigenvalue weighted by atomic mass is 32.2. The summed E-state index contributed by atoms with van der Waals surface area (Å²) in [7, 11) is -3.81. The number of halogens is 1. The van der Waals surface area contributed by atoms with E-state index in [1.54, 1.807) is 0 Å². The number of aromatic nitrogens is 3. The van der Waals surface area contributed by atoms with Gasteiger partial charge in [0.05, 0.1) is 24.3 Å². The largest absolute Gasteiger partial charge is 0.389 e. The van der Waals surface area contributed by atoms with Crippen LogP contribution in [0, 0.1) is 5.13 Å². The highest BCUT2D eigenvalue weighted by Crippen LogP contribution is 2.19. The Morgan fingerprint density at radius 1 is 1.35 bits per heavy atom. The first kappa shape index (κ1) is 21.1. The van der Waals surface area contributed by atoms with E-state index in [2.05, 4.69) is 20.4 Å². The van der Waals surface area contributed by atoms with Gasteiger partial charge in [0, 0.05) is 24.4 Å². The van der Waals surface area contributed by atoms with Gasteiger partial charge in [-0.15, -0.1) is 0 Å². The number of carbonyl (C=O) groups is 1. The second-order valence-electron chi connectivity index (χ2n) is 6.38. The van der Waals surface area contributed by atoms with Crippen molar-refractivity contribution in [3.05, 3.63) is 59.9 Å². The van der Waals surface area contributed by atoms with Crippen molar-refractivity contribution in [1.29, 1.82) is 0 Å². The van der Waals surface area contributed by atoms with Crippen LogP contribution in [0.1, 0.15) is 12.0 Å². The number of rotatable bonds is 7. The Balaban J connectivity index is 1.61. The van der Waals surface area contributed by atoms with Gasteiger partial charge in [-0.3, -0.25) is 10.1 Å². The fourth-order valence-corrected chi connectivity index (χ4v) is 4.37. The molecule has 0 radical (unpaired) electrons. The highest BCUT2D eigenvalue weighted by Gasteiger charge is 2.22. The van der Waals surface area contributed by atoms with E-state index < -0.39 is 21.1 Å². The second kappa shape index (κ2) is 8.91. The lowest BCUT2D eigenvalue weighted by atomic mass is 10.1. The van der Waals surface area contributed by atoms with Crippen LogP contribution in [0.5, 0.6) is 0 Å². The number of nitrogens with zero attached hydrogens (tertiary/aromatic N) is 4. The average molecular weight is 465 g/mol. The molecule has 0 saturated carbocycles. The van der Waals surface area contributed by atoms with Crippen molar-refractivity contribution >= 4 is 38.1 Å². The third-order valence-electron chi connectivity index (χ3n) is 4.28. The van der Waals surface area contributed by atoms with Gasteiger partial charge in [0.25, 0.3) is 15.9 Å². The quantitative estimate of drug-likeness (QED) is 0.417. The van der Waals surface area contributed by atoms with Crippen molar-refractivity contribution in [3.8, 4) is 0 Å². The van der Waals surface area contributed by atoms with Crippen molar-refractivity contribution in [2.75, 3.05) is 18.5 Å². The van der Waals surface area contributed by atoms with Gasteiger partial charge in [0.15, 0.2) is 22.1 Å². The van der Waals surface area contributed by atoms with E-state index in [0.29, 0.717) is 36.5 Å². The fraction of sp³-hybridized carbons (Fsp3) is 0.222. The Morgan fingerprint density at radius 3 is 2.77 bits per heavy atom. The monoisotopic (exact) mass is 465 g/mol. The van der Waals surface area contributed by atoms with E-state index in [4.69, 9.17) is 9.57 Å². The predicted octanol–water partition coefficient (Wildman–Crippen LogP) is 1.86. The van der Waals surface area contributed by atoms with Crippen LogP contribution in [0.2, 0.25) is 0 Å². The Labute approximate surface area is 180 Å². The minimum absolute atomic E-state index is 0.00103. The Morgan fingerprint density at radius 2 is 2.16 bits per heavy atom. The molecule has 0 bridgehead atoms. The van der Waals surface area contributed by atoms with E-state index in [1.165, 1.54) is 43.0 Å². The standard InChI is InChI=1S/C18H16FN5O5S2/c19-15-9-21-18(30-15)22-17(25)16(23-29-13-5-8-28-10-13)12-1-3-14(4-2-12)31(26,27)24-7-6-20-11-24/h1-4,6-7,9,11,13H,5,8,10H2,(H,21,22,25)/b23-16+/t13-/m1/s1. The summed E-state index contributed by atoms with van der Waals surface area (Å²) in [5.41, 5.74) is 0.187. The maximum absolute atomic E-state index is 13.2. The summed E-state index contributed by atoms with van der Waals surface area (Å²) in [5, 5.41) is 5.92. The van der Waals surface area contributed by atoms with Gasteiger partial charge in [-0.25, -0.2) is 22.4 Å². The minimum Gasteiger partial charge on any atom is -0.389 e. The number of ether oxygens (including phenoxy) is 1. The first-order chi connectivity index (χ1) is 14.9. The lowest BCUT2D eigenvalue weighted by Crippen LogP contribution is -2.25. The molecule has 13 heteroatoms. The zero-order valence-electron chi connectivity index (χ0n) is 15.8. The molecule has 1 N–H and O–H groups in total. The average Bonchev–Trinajstić information content (AvgIpc) is 3.52. The van der Waals surface area contributed by atoms with Gasteiger partial charge < -0.3 is 9.57 Å². The number of amides is 1. The number of hydrogen-bond donors (Lipinski definition) is 1. The Kier molecular flexibility index (Phi) is 6.06. The first-order valence-corrected chi connectivity index (χ1v) is 11.3. The maximum Gasteiger partial charge on any atom is 0.280 e. The summed E-state index contributed by atoms with van der Waals surface area (Å²) in [5.74, 6) is -0.682. The maximum atomic E-state index is 13.2. The molecule has 4 rings (SSSR count). The third kappa shape index (κ3) is 4.78. The molecule has 1 saturated heterocycles. The minimum atomic E-state index is -3.81. The predicted molar refractivity (Wildman–Crippen MR) is 109 cm³/mol. The van der Waals surface area contributed by atoms with Gasteiger partial charge in [-0.2, -0.15) is 4.39 Å². The number of hydrogen-bond acceptors (Lipinski definition) is 9. The molecule has 0 spiro atoms. The molecule has 1 aliphatic rings. The van der Waals surface area contributed by atoms with Gasteiger partial charge in [-0.1, -0.05) is 28.6 Å². The number of carbonyl (C=O) groups excluding carboxylic acids is 1. The zero-order valence-corrected chi connectivity index (χ0v) is 17.5. The van der Waals surface area contributed by atoms with E-state index in [0.717, 1.165) is 10.2 Å². The lowest BCUT2D eigenvalue weighted by Gasteiger charge is -2.10. The summed E-state index contributed by atoms with van der Waals surface area (Å²) in [6.45, 7) is 0.874. The number of anilines is 1. The second-order valence-corrected chi connectivity index (χ2v) is 9.20. The van der Waals surface area contributed by atoms with Crippen LogP contribution in [0.3, 0.4) is 0 Å². The van der Waals surface area contributed by atoms with Crippen LogP contribution in [0.15, 0.2) is 59.2 Å². The zero-order chi connectivity index (χ0) is 21.8. The number of thiazole rings is 1. The molecule has 0 unspecified atom stereocenters. The molecule has 3 aromatic rings. The van der Waals surface area contributed by atoms with Crippen LogP contribution in [0.25, 0.3) is 0 Å². The van der Waals surface area contributed by atoms with E-state index in [9.17, 15) is 17.6 Å². The van der Waals surface area contributed by atoms with Crippen molar-refractivity contribution in [2.24, 2.45) is 5.16 Å². The number of nitrogens with one attached hydrogen (secondary N) is 1. The molecule has 1 aromatic carbocycles. The number of imidazole rings is 1. The first-order valence-electron chi connectivity index (χ1n) is 9.02. The Bertz CT molecular complexity index is 1190. The molecule has 162 valence electrons. The number of oxime groups is 1. The normalized spacial score (nSPS) is 16.9. The molecule has 0 aliphatic carbocycles. The summed E-state index contributed by atoms with van der Waals surface area (Å²) in [6, 6.07) is 5.54. The summed E-state index contributed by atoms with van der Waals surface area (Å²) >= 11 is 0.663. The molecular weight excluding hydrogens is 449 g/mol. The smallest absolute Gasteiger partial charge is 0.280 e. The summed E-state index contributed by atoms with van der Waals surface area (Å²) in [6.07, 6.45) is 5.15. The van der Waals surface area contributed by atoms with Crippen LogP contribution < -0.4 is 5.32 Å². The fourth-order valence-electron chi connectivity index (χ4n) is 2.71. The van der Waals surface area contributed by atoms with E-state index in [1.807, 2.05) is 0 Å². The van der Waals surface area contributed by atoms with Crippen molar-refractivity contribution in [2.45, 2.75) is 17.4 Å². The van der Waals surface area contributed by atoms with Gasteiger partial charge >= 0.3 is 0 Å². The number of benzene rings is 1. The van der Waals surface area contributed by atoms with Crippen LogP contribution in [0.4, 0.5) is 9.52 Å². The van der Waals surface area contributed by atoms with Gasteiger partial charge in [0.2, 0.25) is 0 Å². The third-order valence-corrected chi connectivity index (χ3v) is 6.62. The molecule has 1 amide bonds. The van der Waals surface area contributed by atoms with Gasteiger partial charge in [-0.05, 0) is 12.1 Å². The summed E-state index contributed by atoms with van der Waals surface area (Å²) in [4.78, 5) is 25.7. The van der Waals surface area contributed by atoms with Crippen LogP contribution >= 0.6 is 11.3 Å².